The van der Waals surface area contributed by atoms with Crippen LogP contribution in [0, 0.1) is 11.7 Å². The Morgan fingerprint density at radius 3 is 2.38 bits per heavy atom. The first kappa shape index (κ1) is 24.1. The molecule has 2 aromatic rings. The molecule has 174 valence electrons. The van der Waals surface area contributed by atoms with E-state index in [1.807, 2.05) is 29.2 Å². The standard InChI is InChI=1S/C26H35FN2O3/c1-19(2)18-32-23-8-5-20(6-9-23)15-26(30)29(22-11-13-28(3)14-12-22)17-21-7-10-24(31-4)16-25(21)27/h5-10,16,19,22H,11-15,17-18H2,1-4H3. The first-order valence-electron chi connectivity index (χ1n) is 11.4. The third-order valence-corrected chi connectivity index (χ3v) is 5.91. The predicted octanol–water partition coefficient (Wildman–Crippen LogP) is 4.53. The van der Waals surface area contributed by atoms with Gasteiger partial charge in [-0.1, -0.05) is 32.0 Å². The zero-order valence-corrected chi connectivity index (χ0v) is 19.6. The van der Waals surface area contributed by atoms with E-state index in [0.717, 1.165) is 37.2 Å². The van der Waals surface area contributed by atoms with Gasteiger partial charge in [0.15, 0.2) is 0 Å². The largest absolute Gasteiger partial charge is 0.497 e. The number of hydrogen-bond acceptors (Lipinski definition) is 4. The highest BCUT2D eigenvalue weighted by atomic mass is 19.1. The number of benzene rings is 2. The number of rotatable bonds is 9. The Hall–Kier alpha value is -2.60. The predicted molar refractivity (Wildman–Crippen MR) is 125 cm³/mol. The lowest BCUT2D eigenvalue weighted by atomic mass is 10.0. The Morgan fingerprint density at radius 2 is 1.78 bits per heavy atom. The summed E-state index contributed by atoms with van der Waals surface area (Å²) in [6.07, 6.45) is 2.07. The summed E-state index contributed by atoms with van der Waals surface area (Å²) in [5, 5.41) is 0. The van der Waals surface area contributed by atoms with E-state index >= 15 is 0 Å². The van der Waals surface area contributed by atoms with Crippen LogP contribution in [0.15, 0.2) is 42.5 Å². The highest BCUT2D eigenvalue weighted by Gasteiger charge is 2.28. The zero-order valence-electron chi connectivity index (χ0n) is 19.6. The van der Waals surface area contributed by atoms with Crippen molar-refractivity contribution in [3.63, 3.8) is 0 Å². The summed E-state index contributed by atoms with van der Waals surface area (Å²) in [6, 6.07) is 12.6. The van der Waals surface area contributed by atoms with Crippen LogP contribution in [0.3, 0.4) is 0 Å². The molecule has 1 saturated heterocycles. The van der Waals surface area contributed by atoms with Crippen molar-refractivity contribution in [2.24, 2.45) is 5.92 Å². The molecule has 1 heterocycles. The van der Waals surface area contributed by atoms with Crippen molar-refractivity contribution in [3.8, 4) is 11.5 Å². The van der Waals surface area contributed by atoms with Gasteiger partial charge in [0.05, 0.1) is 20.1 Å². The molecule has 0 radical (unpaired) electrons. The molecule has 0 saturated carbocycles. The first-order chi connectivity index (χ1) is 15.4. The Bertz CT molecular complexity index is 877. The smallest absolute Gasteiger partial charge is 0.227 e. The number of likely N-dealkylation sites (tertiary alicyclic amines) is 1. The van der Waals surface area contributed by atoms with Crippen LogP contribution >= 0.6 is 0 Å². The number of ether oxygens (including phenoxy) is 2. The first-order valence-corrected chi connectivity index (χ1v) is 11.4. The van der Waals surface area contributed by atoms with E-state index in [9.17, 15) is 9.18 Å². The third kappa shape index (κ3) is 6.70. The summed E-state index contributed by atoms with van der Waals surface area (Å²) in [7, 11) is 3.61. The molecule has 32 heavy (non-hydrogen) atoms. The summed E-state index contributed by atoms with van der Waals surface area (Å²) in [5.74, 6) is 1.41. The number of carbonyl (C=O) groups excluding carboxylic acids is 1. The number of carbonyl (C=O) groups is 1. The van der Waals surface area contributed by atoms with Gasteiger partial charge in [0.2, 0.25) is 5.91 Å². The molecule has 1 aliphatic heterocycles. The number of amides is 1. The quantitative estimate of drug-likeness (QED) is 0.572. The minimum atomic E-state index is -0.346. The molecule has 6 heteroatoms. The number of halogens is 1. The van der Waals surface area contributed by atoms with Crippen molar-refractivity contribution in [1.29, 1.82) is 0 Å². The van der Waals surface area contributed by atoms with Crippen molar-refractivity contribution < 1.29 is 18.7 Å². The maximum Gasteiger partial charge on any atom is 0.227 e. The molecule has 3 rings (SSSR count). The van der Waals surface area contributed by atoms with Crippen molar-refractivity contribution in [2.75, 3.05) is 33.9 Å². The highest BCUT2D eigenvalue weighted by molar-refractivity contribution is 5.79. The number of nitrogens with zero attached hydrogens (tertiary/aromatic N) is 2. The Morgan fingerprint density at radius 1 is 1.12 bits per heavy atom. The van der Waals surface area contributed by atoms with E-state index in [2.05, 4.69) is 25.8 Å². The molecule has 0 bridgehead atoms. The minimum absolute atomic E-state index is 0.0191. The second-order valence-electron chi connectivity index (χ2n) is 9.04. The fourth-order valence-electron chi connectivity index (χ4n) is 3.94. The maximum atomic E-state index is 14.7. The van der Waals surface area contributed by atoms with Crippen molar-refractivity contribution in [1.82, 2.24) is 9.80 Å². The van der Waals surface area contributed by atoms with Crippen LogP contribution in [0.2, 0.25) is 0 Å². The fraction of sp³-hybridized carbons (Fsp3) is 0.500. The molecule has 0 N–H and O–H groups in total. The second-order valence-corrected chi connectivity index (χ2v) is 9.04. The third-order valence-electron chi connectivity index (χ3n) is 5.91. The lowest BCUT2D eigenvalue weighted by Crippen LogP contribution is -2.46. The molecule has 1 aliphatic rings. The van der Waals surface area contributed by atoms with Gasteiger partial charge in [-0.2, -0.15) is 0 Å². The van der Waals surface area contributed by atoms with Gasteiger partial charge in [-0.25, -0.2) is 4.39 Å². The fourth-order valence-corrected chi connectivity index (χ4v) is 3.94. The van der Waals surface area contributed by atoms with Gasteiger partial charge in [-0.05, 0) is 62.7 Å². The summed E-state index contributed by atoms with van der Waals surface area (Å²) < 4.78 is 25.5. The molecule has 0 spiro atoms. The van der Waals surface area contributed by atoms with Gasteiger partial charge in [-0.15, -0.1) is 0 Å². The van der Waals surface area contributed by atoms with Crippen molar-refractivity contribution in [2.45, 2.75) is 45.7 Å². The van der Waals surface area contributed by atoms with Gasteiger partial charge in [0, 0.05) is 24.2 Å². The molecule has 2 aromatic carbocycles. The SMILES string of the molecule is COc1ccc(CN(C(=O)Cc2ccc(OCC(C)C)cc2)C2CCN(C)CC2)c(F)c1. The number of piperidine rings is 1. The Labute approximate surface area is 191 Å². The number of methoxy groups -OCH3 is 1. The van der Waals surface area contributed by atoms with Crippen LogP contribution in [0.4, 0.5) is 4.39 Å². The average Bonchev–Trinajstić information content (AvgIpc) is 2.78. The maximum absolute atomic E-state index is 14.7. The van der Waals surface area contributed by atoms with Crippen LogP contribution in [0.25, 0.3) is 0 Å². The highest BCUT2D eigenvalue weighted by Crippen LogP contribution is 2.23. The normalized spacial score (nSPS) is 15.1. The molecule has 0 atom stereocenters. The van der Waals surface area contributed by atoms with Crippen LogP contribution in [0.5, 0.6) is 11.5 Å². The van der Waals surface area contributed by atoms with E-state index in [4.69, 9.17) is 9.47 Å². The lowest BCUT2D eigenvalue weighted by Gasteiger charge is -2.37. The van der Waals surface area contributed by atoms with Crippen LogP contribution in [-0.4, -0.2) is 55.6 Å². The molecular formula is C26H35FN2O3. The molecule has 1 fully saturated rings. The van der Waals surface area contributed by atoms with Gasteiger partial charge in [0.25, 0.3) is 0 Å². The summed E-state index contributed by atoms with van der Waals surface area (Å²) in [6.45, 7) is 7.00. The number of hydrogen-bond donors (Lipinski definition) is 0. The Kier molecular flexibility index (Phi) is 8.51. The molecular weight excluding hydrogens is 407 g/mol. The van der Waals surface area contributed by atoms with Crippen molar-refractivity contribution in [3.05, 3.63) is 59.4 Å². The van der Waals surface area contributed by atoms with Gasteiger partial charge in [0.1, 0.15) is 17.3 Å². The average molecular weight is 443 g/mol. The molecule has 0 aromatic heterocycles. The van der Waals surface area contributed by atoms with E-state index in [1.54, 1.807) is 12.1 Å². The van der Waals surface area contributed by atoms with Crippen molar-refractivity contribution >= 4 is 5.91 Å². The summed E-state index contributed by atoms with van der Waals surface area (Å²) in [5.41, 5.74) is 1.44. The van der Waals surface area contributed by atoms with E-state index in [0.29, 0.717) is 23.8 Å². The Balaban J connectivity index is 1.73. The molecule has 0 aliphatic carbocycles. The lowest BCUT2D eigenvalue weighted by molar-refractivity contribution is -0.134. The van der Waals surface area contributed by atoms with Crippen LogP contribution in [0.1, 0.15) is 37.8 Å². The van der Waals surface area contributed by atoms with E-state index in [-0.39, 0.29) is 30.7 Å². The monoisotopic (exact) mass is 442 g/mol. The van der Waals surface area contributed by atoms with Gasteiger partial charge < -0.3 is 19.3 Å². The van der Waals surface area contributed by atoms with Gasteiger partial charge >= 0.3 is 0 Å². The van der Waals surface area contributed by atoms with E-state index in [1.165, 1.54) is 13.2 Å². The summed E-state index contributed by atoms with van der Waals surface area (Å²) in [4.78, 5) is 17.5. The minimum Gasteiger partial charge on any atom is -0.497 e. The zero-order chi connectivity index (χ0) is 23.1. The van der Waals surface area contributed by atoms with Gasteiger partial charge in [-0.3, -0.25) is 4.79 Å². The molecule has 1 amide bonds. The molecule has 0 unspecified atom stereocenters. The second kappa shape index (κ2) is 11.3. The topological polar surface area (TPSA) is 42.0 Å². The van der Waals surface area contributed by atoms with E-state index < -0.39 is 0 Å². The van der Waals surface area contributed by atoms with Crippen LogP contribution in [-0.2, 0) is 17.8 Å². The molecule has 5 nitrogen and oxygen atoms in total. The summed E-state index contributed by atoms with van der Waals surface area (Å²) >= 11 is 0. The van der Waals surface area contributed by atoms with Crippen LogP contribution < -0.4 is 9.47 Å².